The molecule has 8 heteroatoms. The maximum atomic E-state index is 10.0. The molecule has 1 aromatic heterocycles. The highest BCUT2D eigenvalue weighted by Gasteiger charge is 2.45. The predicted octanol–water partition coefficient (Wildman–Crippen LogP) is -1.60. The largest absolute Gasteiger partial charge is 0.394 e. The van der Waals surface area contributed by atoms with Gasteiger partial charge in [0, 0.05) is 0 Å². The van der Waals surface area contributed by atoms with Crippen LogP contribution in [0.1, 0.15) is 6.23 Å². The number of hydrogen-bond acceptors (Lipinski definition) is 7. The van der Waals surface area contributed by atoms with E-state index in [0.717, 1.165) is 0 Å². The second-order valence-electron chi connectivity index (χ2n) is 4.74. The van der Waals surface area contributed by atoms with Crippen LogP contribution in [0.4, 0.5) is 0 Å². The van der Waals surface area contributed by atoms with Crippen LogP contribution in [0.3, 0.4) is 0 Å². The molecular weight excluding hydrogens is 266 g/mol. The lowest BCUT2D eigenvalue weighted by atomic mass is 9.98. The van der Waals surface area contributed by atoms with E-state index in [1.165, 1.54) is 4.68 Å². The Morgan fingerprint density at radius 2 is 1.85 bits per heavy atom. The van der Waals surface area contributed by atoms with Gasteiger partial charge < -0.3 is 25.2 Å². The monoisotopic (exact) mass is 281 g/mol. The van der Waals surface area contributed by atoms with E-state index in [1.54, 1.807) is 24.3 Å². The Labute approximate surface area is 113 Å². The molecule has 0 bridgehead atoms. The summed E-state index contributed by atoms with van der Waals surface area (Å²) in [5.74, 6) is 0. The van der Waals surface area contributed by atoms with Crippen molar-refractivity contribution in [3.63, 3.8) is 0 Å². The van der Waals surface area contributed by atoms with Gasteiger partial charge in [-0.25, -0.2) is 4.68 Å². The number of aliphatic hydroxyl groups is 4. The Morgan fingerprint density at radius 3 is 2.60 bits per heavy atom. The van der Waals surface area contributed by atoms with Gasteiger partial charge in [0.1, 0.15) is 29.9 Å². The number of aliphatic hydroxyl groups excluding tert-OH is 4. The van der Waals surface area contributed by atoms with Crippen LogP contribution in [0.2, 0.25) is 0 Å². The van der Waals surface area contributed by atoms with Crippen LogP contribution in [0.25, 0.3) is 11.0 Å². The van der Waals surface area contributed by atoms with Crippen molar-refractivity contribution in [3.05, 3.63) is 24.3 Å². The molecule has 8 nitrogen and oxygen atoms in total. The van der Waals surface area contributed by atoms with Gasteiger partial charge in [0.15, 0.2) is 6.23 Å². The van der Waals surface area contributed by atoms with Crippen molar-refractivity contribution in [3.8, 4) is 0 Å². The molecule has 2 aromatic rings. The summed E-state index contributed by atoms with van der Waals surface area (Å²) in [4.78, 5) is 0. The summed E-state index contributed by atoms with van der Waals surface area (Å²) in [6, 6.07) is 7.08. The fraction of sp³-hybridized carbons (Fsp3) is 0.500. The highest BCUT2D eigenvalue weighted by Crippen LogP contribution is 2.29. The SMILES string of the molecule is OC[C@@H]1O[C@H](n2nnc3ccccc32)[C@@H](O)[C@H](O)[C@@H]1O. The average molecular weight is 281 g/mol. The van der Waals surface area contributed by atoms with E-state index in [9.17, 15) is 20.4 Å². The number of hydrogen-bond donors (Lipinski definition) is 4. The fourth-order valence-corrected chi connectivity index (χ4v) is 2.36. The summed E-state index contributed by atoms with van der Waals surface area (Å²) in [5, 5.41) is 46.6. The molecule has 0 aliphatic carbocycles. The first-order valence-electron chi connectivity index (χ1n) is 6.24. The van der Waals surface area contributed by atoms with Crippen molar-refractivity contribution in [1.29, 1.82) is 0 Å². The van der Waals surface area contributed by atoms with E-state index in [4.69, 9.17) is 4.74 Å². The van der Waals surface area contributed by atoms with Gasteiger partial charge >= 0.3 is 0 Å². The number of aromatic nitrogens is 3. The topological polar surface area (TPSA) is 121 Å². The molecule has 0 radical (unpaired) electrons. The third-order valence-electron chi connectivity index (χ3n) is 3.49. The second-order valence-corrected chi connectivity index (χ2v) is 4.74. The Morgan fingerprint density at radius 1 is 1.10 bits per heavy atom. The van der Waals surface area contributed by atoms with E-state index in [-0.39, 0.29) is 0 Å². The number of benzene rings is 1. The zero-order valence-electron chi connectivity index (χ0n) is 10.4. The van der Waals surface area contributed by atoms with Crippen LogP contribution < -0.4 is 0 Å². The molecule has 2 heterocycles. The molecule has 4 N–H and O–H groups in total. The smallest absolute Gasteiger partial charge is 0.181 e. The predicted molar refractivity (Wildman–Crippen MR) is 66.5 cm³/mol. The third kappa shape index (κ3) is 1.98. The third-order valence-corrected chi connectivity index (χ3v) is 3.49. The lowest BCUT2D eigenvalue weighted by molar-refractivity contribution is -0.253. The normalized spacial score (nSPS) is 34.5. The Balaban J connectivity index is 2.00. The van der Waals surface area contributed by atoms with Gasteiger partial charge in [-0.3, -0.25) is 0 Å². The van der Waals surface area contributed by atoms with Gasteiger partial charge in [-0.1, -0.05) is 17.3 Å². The molecule has 3 rings (SSSR count). The number of para-hydroxylation sites is 1. The summed E-state index contributed by atoms with van der Waals surface area (Å²) >= 11 is 0. The van der Waals surface area contributed by atoms with Crippen LogP contribution in [0, 0.1) is 0 Å². The van der Waals surface area contributed by atoms with Gasteiger partial charge in [-0.2, -0.15) is 0 Å². The molecule has 1 saturated heterocycles. The van der Waals surface area contributed by atoms with E-state index >= 15 is 0 Å². The molecule has 20 heavy (non-hydrogen) atoms. The van der Waals surface area contributed by atoms with Gasteiger partial charge in [0.05, 0.1) is 12.1 Å². The van der Waals surface area contributed by atoms with E-state index in [1.807, 2.05) is 0 Å². The molecule has 0 unspecified atom stereocenters. The average Bonchev–Trinajstić information content (AvgIpc) is 2.89. The first kappa shape index (κ1) is 13.4. The molecular formula is C12H15N3O5. The molecule has 0 spiro atoms. The summed E-state index contributed by atoms with van der Waals surface area (Å²) in [6.45, 7) is -0.478. The zero-order valence-corrected chi connectivity index (χ0v) is 10.4. The molecule has 1 aromatic carbocycles. The van der Waals surface area contributed by atoms with Crippen molar-refractivity contribution in [2.24, 2.45) is 0 Å². The van der Waals surface area contributed by atoms with Gasteiger partial charge in [0.25, 0.3) is 0 Å². The van der Waals surface area contributed by atoms with Crippen molar-refractivity contribution in [1.82, 2.24) is 15.0 Å². The summed E-state index contributed by atoms with van der Waals surface area (Å²) in [6.07, 6.45) is -6.20. The first-order valence-corrected chi connectivity index (χ1v) is 6.24. The van der Waals surface area contributed by atoms with Gasteiger partial charge in [-0.15, -0.1) is 5.10 Å². The fourth-order valence-electron chi connectivity index (χ4n) is 2.36. The molecule has 5 atom stereocenters. The molecule has 108 valence electrons. The van der Waals surface area contributed by atoms with Crippen LogP contribution in [-0.4, -0.2) is 66.4 Å². The summed E-state index contributed by atoms with van der Waals surface area (Å²) in [5.41, 5.74) is 1.24. The van der Waals surface area contributed by atoms with Crippen molar-refractivity contribution in [2.45, 2.75) is 30.6 Å². The van der Waals surface area contributed by atoms with E-state index < -0.39 is 37.3 Å². The Kier molecular flexibility index (Phi) is 3.40. The lowest BCUT2D eigenvalue weighted by Gasteiger charge is -2.39. The van der Waals surface area contributed by atoms with E-state index in [0.29, 0.717) is 11.0 Å². The number of fused-ring (bicyclic) bond motifs is 1. The quantitative estimate of drug-likeness (QED) is 0.523. The van der Waals surface area contributed by atoms with Crippen molar-refractivity contribution < 1.29 is 25.2 Å². The van der Waals surface area contributed by atoms with E-state index in [2.05, 4.69) is 10.3 Å². The number of ether oxygens (including phenoxy) is 1. The molecule has 1 aliphatic heterocycles. The minimum absolute atomic E-state index is 0.478. The minimum atomic E-state index is -1.44. The highest BCUT2D eigenvalue weighted by atomic mass is 16.6. The van der Waals surface area contributed by atoms with Gasteiger partial charge in [0.2, 0.25) is 0 Å². The standard InChI is InChI=1S/C12H15N3O5/c16-5-8-9(17)10(18)11(19)12(20-8)15-7-4-2-1-3-6(7)13-14-15/h1-4,8-12,16-19H,5H2/t8-,9+,10+,11-,12-/m0/s1. The van der Waals surface area contributed by atoms with Crippen molar-refractivity contribution >= 4 is 11.0 Å². The van der Waals surface area contributed by atoms with Crippen LogP contribution in [0.15, 0.2) is 24.3 Å². The lowest BCUT2D eigenvalue weighted by Crippen LogP contribution is -2.56. The summed E-state index contributed by atoms with van der Waals surface area (Å²) < 4.78 is 6.76. The first-order chi connectivity index (χ1) is 9.63. The van der Waals surface area contributed by atoms with Gasteiger partial charge in [-0.05, 0) is 12.1 Å². The van der Waals surface area contributed by atoms with Crippen molar-refractivity contribution in [2.75, 3.05) is 6.61 Å². The Hall–Kier alpha value is -1.58. The second kappa shape index (κ2) is 5.08. The maximum absolute atomic E-state index is 10.0. The minimum Gasteiger partial charge on any atom is -0.394 e. The molecule has 0 amide bonds. The molecule has 0 saturated carbocycles. The highest BCUT2D eigenvalue weighted by molar-refractivity contribution is 5.73. The summed E-state index contributed by atoms with van der Waals surface area (Å²) in [7, 11) is 0. The van der Waals surface area contributed by atoms with Crippen LogP contribution in [0.5, 0.6) is 0 Å². The number of nitrogens with zero attached hydrogens (tertiary/aromatic N) is 3. The molecule has 1 aliphatic rings. The van der Waals surface area contributed by atoms with Crippen LogP contribution >= 0.6 is 0 Å². The molecule has 1 fully saturated rings. The maximum Gasteiger partial charge on any atom is 0.181 e. The Bertz CT molecular complexity index is 602. The zero-order chi connectivity index (χ0) is 14.3. The number of rotatable bonds is 2. The van der Waals surface area contributed by atoms with Crippen LogP contribution in [-0.2, 0) is 4.74 Å².